The summed E-state index contributed by atoms with van der Waals surface area (Å²) < 4.78 is 5.18. The van der Waals surface area contributed by atoms with Gasteiger partial charge in [-0.15, -0.1) is 0 Å². The summed E-state index contributed by atoms with van der Waals surface area (Å²) in [4.78, 5) is 11.2. The van der Waals surface area contributed by atoms with Gasteiger partial charge in [-0.05, 0) is 6.42 Å². The van der Waals surface area contributed by atoms with Crippen molar-refractivity contribution < 1.29 is 14.6 Å². The highest BCUT2D eigenvalue weighted by molar-refractivity contribution is 5.89. The molecule has 1 saturated heterocycles. The number of rotatable bonds is 0. The van der Waals surface area contributed by atoms with Crippen molar-refractivity contribution in [1.29, 1.82) is 0 Å². The van der Waals surface area contributed by atoms with Crippen LogP contribution in [0.1, 0.15) is 19.3 Å². The molecule has 3 nitrogen and oxygen atoms in total. The van der Waals surface area contributed by atoms with E-state index in [2.05, 4.69) is 0 Å². The predicted molar refractivity (Wildman–Crippen MR) is 38.1 cm³/mol. The molecular weight excluding hydrogens is 144 g/mol. The third kappa shape index (κ3) is 0.914. The summed E-state index contributed by atoms with van der Waals surface area (Å²) >= 11 is 0. The molecule has 0 bridgehead atoms. The number of carbonyl (C=O) groups is 1. The normalized spacial score (nSPS) is 44.1. The molecule has 62 valence electrons. The molecule has 1 saturated carbocycles. The van der Waals surface area contributed by atoms with Crippen LogP contribution in [0.25, 0.3) is 0 Å². The Bertz CT molecular complexity index is 190. The van der Waals surface area contributed by atoms with Crippen molar-refractivity contribution in [3.63, 3.8) is 0 Å². The Morgan fingerprint density at radius 3 is 3.18 bits per heavy atom. The van der Waals surface area contributed by atoms with E-state index in [1.165, 1.54) is 0 Å². The quantitative estimate of drug-likeness (QED) is 0.541. The SMILES string of the molecule is O=C1CC[C@@H]2COCC[C@]12O. The first-order valence-electron chi connectivity index (χ1n) is 4.07. The highest BCUT2D eigenvalue weighted by Gasteiger charge is 2.49. The average Bonchev–Trinajstić information content (AvgIpc) is 2.29. The zero-order valence-electron chi connectivity index (χ0n) is 6.38. The van der Waals surface area contributed by atoms with Crippen LogP contribution in [0.2, 0.25) is 0 Å². The minimum absolute atomic E-state index is 0.0193. The van der Waals surface area contributed by atoms with Gasteiger partial charge in [0.1, 0.15) is 5.60 Å². The third-order valence-corrected chi connectivity index (χ3v) is 2.82. The van der Waals surface area contributed by atoms with Crippen molar-refractivity contribution in [2.24, 2.45) is 5.92 Å². The van der Waals surface area contributed by atoms with Crippen molar-refractivity contribution >= 4 is 5.78 Å². The Kier molecular flexibility index (Phi) is 1.51. The average molecular weight is 156 g/mol. The number of Topliss-reactive ketones (excluding diaryl/α,β-unsaturated/α-hetero) is 1. The van der Waals surface area contributed by atoms with Gasteiger partial charge < -0.3 is 9.84 Å². The molecule has 0 aromatic heterocycles. The van der Waals surface area contributed by atoms with E-state index in [9.17, 15) is 9.90 Å². The van der Waals surface area contributed by atoms with Gasteiger partial charge in [0.2, 0.25) is 0 Å². The third-order valence-electron chi connectivity index (χ3n) is 2.82. The second kappa shape index (κ2) is 2.29. The second-order valence-electron chi connectivity index (χ2n) is 3.41. The van der Waals surface area contributed by atoms with Crippen molar-refractivity contribution in [2.75, 3.05) is 13.2 Å². The number of fused-ring (bicyclic) bond motifs is 1. The van der Waals surface area contributed by atoms with E-state index in [1.807, 2.05) is 0 Å². The molecule has 2 rings (SSSR count). The molecule has 2 fully saturated rings. The number of carbonyl (C=O) groups excluding carboxylic acids is 1. The number of aliphatic hydroxyl groups is 1. The van der Waals surface area contributed by atoms with Crippen molar-refractivity contribution in [3.05, 3.63) is 0 Å². The zero-order valence-corrected chi connectivity index (χ0v) is 6.38. The van der Waals surface area contributed by atoms with Gasteiger partial charge in [0.05, 0.1) is 6.61 Å². The summed E-state index contributed by atoms with van der Waals surface area (Å²) in [7, 11) is 0. The van der Waals surface area contributed by atoms with E-state index in [0.717, 1.165) is 6.42 Å². The van der Waals surface area contributed by atoms with Crippen LogP contribution < -0.4 is 0 Å². The fourth-order valence-electron chi connectivity index (χ4n) is 2.01. The molecule has 1 N–H and O–H groups in total. The maximum absolute atomic E-state index is 11.2. The van der Waals surface area contributed by atoms with E-state index < -0.39 is 5.60 Å². The molecule has 0 radical (unpaired) electrons. The Morgan fingerprint density at radius 1 is 1.64 bits per heavy atom. The molecule has 0 amide bonds. The molecule has 0 aromatic rings. The van der Waals surface area contributed by atoms with Gasteiger partial charge in [-0.2, -0.15) is 0 Å². The minimum Gasteiger partial charge on any atom is -0.382 e. The maximum atomic E-state index is 11.2. The Labute approximate surface area is 65.4 Å². The fourth-order valence-corrected chi connectivity index (χ4v) is 2.01. The Balaban J connectivity index is 2.23. The predicted octanol–water partition coefficient (Wildman–Crippen LogP) is 0.117. The topological polar surface area (TPSA) is 46.5 Å². The van der Waals surface area contributed by atoms with E-state index >= 15 is 0 Å². The van der Waals surface area contributed by atoms with Crippen LogP contribution in [0.4, 0.5) is 0 Å². The molecule has 11 heavy (non-hydrogen) atoms. The van der Waals surface area contributed by atoms with E-state index in [4.69, 9.17) is 4.74 Å². The molecule has 2 aliphatic rings. The number of hydrogen-bond donors (Lipinski definition) is 1. The summed E-state index contributed by atoms with van der Waals surface area (Å²) in [6.45, 7) is 1.08. The van der Waals surface area contributed by atoms with Crippen LogP contribution in [-0.2, 0) is 9.53 Å². The summed E-state index contributed by atoms with van der Waals surface area (Å²) in [6.07, 6.45) is 1.83. The lowest BCUT2D eigenvalue weighted by atomic mass is 9.86. The van der Waals surface area contributed by atoms with Crippen molar-refractivity contribution in [3.8, 4) is 0 Å². The van der Waals surface area contributed by atoms with Crippen LogP contribution in [0.5, 0.6) is 0 Å². The highest BCUT2D eigenvalue weighted by Crippen LogP contribution is 2.37. The van der Waals surface area contributed by atoms with Gasteiger partial charge in [-0.1, -0.05) is 0 Å². The van der Waals surface area contributed by atoms with Gasteiger partial charge in [0, 0.05) is 25.4 Å². The highest BCUT2D eigenvalue weighted by atomic mass is 16.5. The summed E-state index contributed by atoms with van der Waals surface area (Å²) in [5.74, 6) is 0.0922. The van der Waals surface area contributed by atoms with Gasteiger partial charge in [0.25, 0.3) is 0 Å². The van der Waals surface area contributed by atoms with Gasteiger partial charge >= 0.3 is 0 Å². The summed E-state index contributed by atoms with van der Waals surface area (Å²) in [6, 6.07) is 0. The van der Waals surface area contributed by atoms with Gasteiger partial charge in [-0.3, -0.25) is 4.79 Å². The lowest BCUT2D eigenvalue weighted by Gasteiger charge is -2.32. The summed E-state index contributed by atoms with van der Waals surface area (Å²) in [5.41, 5.74) is -1.02. The largest absolute Gasteiger partial charge is 0.382 e. The van der Waals surface area contributed by atoms with Crippen LogP contribution in [0.3, 0.4) is 0 Å². The molecule has 0 unspecified atom stereocenters. The van der Waals surface area contributed by atoms with Gasteiger partial charge in [0.15, 0.2) is 5.78 Å². The van der Waals surface area contributed by atoms with E-state index in [-0.39, 0.29) is 11.7 Å². The zero-order chi connectivity index (χ0) is 7.90. The standard InChI is InChI=1S/C8H12O3/c9-7-2-1-6-5-11-4-3-8(6,7)10/h6,10H,1-5H2/t6-,8-/m1/s1. The lowest BCUT2D eigenvalue weighted by Crippen LogP contribution is -2.46. The Morgan fingerprint density at radius 2 is 2.45 bits per heavy atom. The first kappa shape index (κ1) is 7.25. The van der Waals surface area contributed by atoms with Crippen LogP contribution in [-0.4, -0.2) is 29.7 Å². The lowest BCUT2D eigenvalue weighted by molar-refractivity contribution is -0.148. The van der Waals surface area contributed by atoms with Crippen LogP contribution in [0, 0.1) is 5.92 Å². The second-order valence-corrected chi connectivity index (χ2v) is 3.41. The van der Waals surface area contributed by atoms with Crippen molar-refractivity contribution in [1.82, 2.24) is 0 Å². The molecule has 1 aliphatic carbocycles. The van der Waals surface area contributed by atoms with Crippen LogP contribution >= 0.6 is 0 Å². The first-order chi connectivity index (χ1) is 5.23. The molecule has 1 heterocycles. The minimum atomic E-state index is -1.02. The smallest absolute Gasteiger partial charge is 0.164 e. The van der Waals surface area contributed by atoms with E-state index in [0.29, 0.717) is 26.1 Å². The van der Waals surface area contributed by atoms with Gasteiger partial charge in [-0.25, -0.2) is 0 Å². The molecule has 0 spiro atoms. The fraction of sp³-hybridized carbons (Fsp3) is 0.875. The molecular formula is C8H12O3. The number of ether oxygens (including phenoxy) is 1. The van der Waals surface area contributed by atoms with Crippen molar-refractivity contribution in [2.45, 2.75) is 24.9 Å². The molecule has 3 heteroatoms. The first-order valence-corrected chi connectivity index (χ1v) is 4.07. The number of ketones is 1. The maximum Gasteiger partial charge on any atom is 0.164 e. The summed E-state index contributed by atoms with van der Waals surface area (Å²) in [5, 5.41) is 9.85. The van der Waals surface area contributed by atoms with Crippen LogP contribution in [0.15, 0.2) is 0 Å². The van der Waals surface area contributed by atoms with E-state index in [1.54, 1.807) is 0 Å². The molecule has 0 aromatic carbocycles. The molecule has 2 atom stereocenters. The molecule has 1 aliphatic heterocycles. The number of hydrogen-bond acceptors (Lipinski definition) is 3. The monoisotopic (exact) mass is 156 g/mol. The Hall–Kier alpha value is -0.410.